The highest BCUT2D eigenvalue weighted by Crippen LogP contribution is 2.36. The Labute approximate surface area is 257 Å². The molecule has 0 radical (unpaired) electrons. The van der Waals surface area contributed by atoms with Crippen molar-refractivity contribution >= 4 is 11.8 Å². The second kappa shape index (κ2) is 13.7. The average molecular weight is 610 g/mol. The third kappa shape index (κ3) is 7.43. The van der Waals surface area contributed by atoms with E-state index in [1.165, 1.54) is 28.8 Å². The molecule has 3 fully saturated rings. The van der Waals surface area contributed by atoms with Crippen LogP contribution in [0.4, 0.5) is 8.78 Å². The van der Waals surface area contributed by atoms with Crippen LogP contribution in [-0.4, -0.2) is 59.6 Å². The minimum absolute atomic E-state index is 0.0269. The number of hydrogen-bond donors (Lipinski definition) is 1. The van der Waals surface area contributed by atoms with Crippen molar-refractivity contribution in [2.45, 2.75) is 81.3 Å². The minimum Gasteiger partial charge on any atom is -0.489 e. The summed E-state index contributed by atoms with van der Waals surface area (Å²) in [6.45, 7) is 4.41. The molecule has 8 heteroatoms. The third-order valence-corrected chi connectivity index (χ3v) is 9.97. The molecular weight excluding hydrogens is 568 g/mol. The van der Waals surface area contributed by atoms with Gasteiger partial charge in [0.2, 0.25) is 0 Å². The second-order valence-electron chi connectivity index (χ2n) is 12.2. The number of hydrogen-bond acceptors (Lipinski definition) is 6. The van der Waals surface area contributed by atoms with Gasteiger partial charge in [0, 0.05) is 37.5 Å². The van der Waals surface area contributed by atoms with E-state index in [9.17, 15) is 13.9 Å². The lowest BCUT2D eigenvalue weighted by Gasteiger charge is -2.35. The van der Waals surface area contributed by atoms with Crippen molar-refractivity contribution in [2.75, 3.05) is 26.0 Å². The van der Waals surface area contributed by atoms with Crippen LogP contribution >= 0.6 is 11.8 Å². The van der Waals surface area contributed by atoms with Crippen LogP contribution in [0.5, 0.6) is 5.75 Å². The van der Waals surface area contributed by atoms with Gasteiger partial charge in [-0.25, -0.2) is 8.78 Å². The van der Waals surface area contributed by atoms with E-state index in [0.29, 0.717) is 31.4 Å². The van der Waals surface area contributed by atoms with Gasteiger partial charge in [-0.3, -0.25) is 4.90 Å². The molecular formula is C35H41F2NO4S. The zero-order chi connectivity index (χ0) is 29.9. The number of thioether (sulfide) groups is 1. The normalized spacial score (nSPS) is 28.2. The van der Waals surface area contributed by atoms with E-state index in [2.05, 4.69) is 54.3 Å². The molecule has 5 nitrogen and oxygen atoms in total. The number of aryl methyl sites for hydroxylation is 1. The smallest absolute Gasteiger partial charge is 0.129 e. The van der Waals surface area contributed by atoms with Gasteiger partial charge in [0.1, 0.15) is 28.9 Å². The van der Waals surface area contributed by atoms with Gasteiger partial charge in [0.25, 0.3) is 0 Å². The first kappa shape index (κ1) is 30.5. The summed E-state index contributed by atoms with van der Waals surface area (Å²) in [7, 11) is 0. The van der Waals surface area contributed by atoms with E-state index in [4.69, 9.17) is 14.2 Å². The van der Waals surface area contributed by atoms with Crippen molar-refractivity contribution in [3.63, 3.8) is 0 Å². The van der Waals surface area contributed by atoms with Crippen LogP contribution in [0.2, 0.25) is 0 Å². The van der Waals surface area contributed by atoms with Crippen LogP contribution in [-0.2, 0) is 15.9 Å². The lowest BCUT2D eigenvalue weighted by atomic mass is 9.93. The van der Waals surface area contributed by atoms with Crippen molar-refractivity contribution < 1.29 is 28.1 Å². The summed E-state index contributed by atoms with van der Waals surface area (Å²) in [5.41, 5.74) is 5.19. The molecule has 0 aromatic heterocycles. The van der Waals surface area contributed by atoms with Gasteiger partial charge in [-0.2, -0.15) is 0 Å². The molecule has 1 N–H and O–H groups in total. The summed E-state index contributed by atoms with van der Waals surface area (Å²) in [6, 6.07) is 18.7. The molecule has 0 aliphatic carbocycles. The Morgan fingerprint density at radius 1 is 0.977 bits per heavy atom. The number of ether oxygens (including phenoxy) is 3. The fourth-order valence-electron chi connectivity index (χ4n) is 6.62. The maximum absolute atomic E-state index is 14.2. The standard InChI is InChI=1S/C35H41F2NO4S/c1-22-3-6-24(34-18-28(39)19-35(42-34)43-2)16-25(22)15-23-4-9-29(10-5-23)41-30-13-14-38(20-30)27-8-12-33(40-21-27)31-17-26(36)7-11-32(31)37/h3-7,9-11,16-17,27-28,30,33-35,39H,8,12-15,18-21H2,1-2H3/t27?,28-,30?,33?,34?,35?/m1/s1. The maximum Gasteiger partial charge on any atom is 0.129 e. The largest absolute Gasteiger partial charge is 0.489 e. The molecule has 5 unspecified atom stereocenters. The lowest BCUT2D eigenvalue weighted by Crippen LogP contribution is -2.41. The summed E-state index contributed by atoms with van der Waals surface area (Å²) in [5.74, 6) is 0.0262. The lowest BCUT2D eigenvalue weighted by molar-refractivity contribution is -0.0605. The highest BCUT2D eigenvalue weighted by molar-refractivity contribution is 7.99. The summed E-state index contributed by atoms with van der Waals surface area (Å²) in [6.07, 6.45) is 5.96. The van der Waals surface area contributed by atoms with E-state index in [0.717, 1.165) is 49.7 Å². The number of nitrogens with zero attached hydrogens (tertiary/aromatic N) is 1. The van der Waals surface area contributed by atoms with Crippen LogP contribution in [0, 0.1) is 18.6 Å². The Morgan fingerprint density at radius 2 is 1.81 bits per heavy atom. The van der Waals surface area contributed by atoms with E-state index in [1.54, 1.807) is 11.8 Å². The molecule has 0 bridgehead atoms. The van der Waals surface area contributed by atoms with Gasteiger partial charge in [-0.15, -0.1) is 11.8 Å². The van der Waals surface area contributed by atoms with Crippen LogP contribution in [0.3, 0.4) is 0 Å². The van der Waals surface area contributed by atoms with E-state index in [-0.39, 0.29) is 29.8 Å². The van der Waals surface area contributed by atoms with Crippen molar-refractivity contribution in [1.29, 1.82) is 0 Å². The Balaban J connectivity index is 1.00. The number of likely N-dealkylation sites (tertiary alicyclic amines) is 1. The van der Waals surface area contributed by atoms with Gasteiger partial charge < -0.3 is 19.3 Å². The molecule has 3 heterocycles. The summed E-state index contributed by atoms with van der Waals surface area (Å²) in [5, 5.41) is 10.3. The fraction of sp³-hybridized carbons (Fsp3) is 0.486. The predicted octanol–water partition coefficient (Wildman–Crippen LogP) is 7.14. The van der Waals surface area contributed by atoms with Gasteiger partial charge in [-0.05, 0) is 91.4 Å². The van der Waals surface area contributed by atoms with Crippen LogP contribution < -0.4 is 4.74 Å². The number of benzene rings is 3. The molecule has 6 rings (SSSR count). The topological polar surface area (TPSA) is 51.2 Å². The first-order valence-corrected chi connectivity index (χ1v) is 16.7. The van der Waals surface area contributed by atoms with Crippen LogP contribution in [0.1, 0.15) is 72.1 Å². The monoisotopic (exact) mass is 609 g/mol. The van der Waals surface area contributed by atoms with Crippen molar-refractivity contribution in [3.8, 4) is 5.75 Å². The van der Waals surface area contributed by atoms with E-state index >= 15 is 0 Å². The van der Waals surface area contributed by atoms with Gasteiger partial charge in [-0.1, -0.05) is 30.3 Å². The summed E-state index contributed by atoms with van der Waals surface area (Å²) < 4.78 is 46.4. The predicted molar refractivity (Wildman–Crippen MR) is 165 cm³/mol. The molecule has 43 heavy (non-hydrogen) atoms. The summed E-state index contributed by atoms with van der Waals surface area (Å²) in [4.78, 5) is 2.41. The second-order valence-corrected chi connectivity index (χ2v) is 13.2. The SMILES string of the molecule is CSC1C[C@H](O)CC(c2ccc(C)c(Cc3ccc(OC4CCN(C5CCC(c6cc(F)ccc6F)OC5)C4)cc3)c2)O1. The van der Waals surface area contributed by atoms with Crippen molar-refractivity contribution in [1.82, 2.24) is 4.90 Å². The Hall–Kier alpha value is -2.49. The molecule has 3 aromatic rings. The van der Waals surface area contributed by atoms with Crippen molar-refractivity contribution in [3.05, 3.63) is 100 Å². The number of aliphatic hydroxyl groups is 1. The van der Waals surface area contributed by atoms with E-state index < -0.39 is 17.7 Å². The first-order valence-electron chi connectivity index (χ1n) is 15.4. The van der Waals surface area contributed by atoms with E-state index in [1.807, 2.05) is 6.26 Å². The molecule has 0 amide bonds. The molecule has 0 spiro atoms. The number of aliphatic hydroxyl groups excluding tert-OH is 1. The minimum atomic E-state index is -0.435. The zero-order valence-corrected chi connectivity index (χ0v) is 25.7. The van der Waals surface area contributed by atoms with Gasteiger partial charge in [0.15, 0.2) is 0 Å². The molecule has 3 aliphatic heterocycles. The molecule has 3 aliphatic rings. The Bertz CT molecular complexity index is 1380. The molecule has 0 saturated carbocycles. The maximum atomic E-state index is 14.2. The van der Waals surface area contributed by atoms with Gasteiger partial charge >= 0.3 is 0 Å². The number of rotatable bonds is 8. The summed E-state index contributed by atoms with van der Waals surface area (Å²) >= 11 is 1.65. The highest BCUT2D eigenvalue weighted by atomic mass is 32.2. The van der Waals surface area contributed by atoms with Crippen molar-refractivity contribution in [2.24, 2.45) is 0 Å². The van der Waals surface area contributed by atoms with Crippen LogP contribution in [0.15, 0.2) is 60.7 Å². The molecule has 6 atom stereocenters. The zero-order valence-electron chi connectivity index (χ0n) is 24.9. The highest BCUT2D eigenvalue weighted by Gasteiger charge is 2.34. The quantitative estimate of drug-likeness (QED) is 0.293. The first-order chi connectivity index (χ1) is 20.8. The number of halogens is 2. The average Bonchev–Trinajstić information content (AvgIpc) is 3.48. The molecule has 230 valence electrons. The molecule has 3 aromatic carbocycles. The third-order valence-electron chi connectivity index (χ3n) is 9.14. The van der Waals surface area contributed by atoms with Crippen LogP contribution in [0.25, 0.3) is 0 Å². The van der Waals surface area contributed by atoms with Gasteiger partial charge in [0.05, 0.1) is 24.9 Å². The Morgan fingerprint density at radius 3 is 2.58 bits per heavy atom. The molecule has 3 saturated heterocycles. The fourth-order valence-corrected chi connectivity index (χ4v) is 7.28. The Kier molecular flexibility index (Phi) is 9.69.